The van der Waals surface area contributed by atoms with E-state index in [0.29, 0.717) is 13.2 Å². The first-order valence-electron chi connectivity index (χ1n) is 7.79. The molecule has 21 heavy (non-hydrogen) atoms. The molecule has 0 saturated carbocycles. The molecule has 0 aliphatic carbocycles. The van der Waals surface area contributed by atoms with Crippen molar-refractivity contribution < 1.29 is 9.84 Å². The van der Waals surface area contributed by atoms with E-state index < -0.39 is 6.10 Å². The van der Waals surface area contributed by atoms with E-state index in [2.05, 4.69) is 43.4 Å². The Bertz CT molecular complexity index is 395. The molecule has 0 spiro atoms. The number of nitrogens with one attached hydrogen (secondary N) is 1. The molecule has 0 heterocycles. The highest BCUT2D eigenvalue weighted by atomic mass is 16.5. The summed E-state index contributed by atoms with van der Waals surface area (Å²) in [4.78, 5) is 0. The van der Waals surface area contributed by atoms with E-state index in [4.69, 9.17) is 4.74 Å². The molecular formula is C18H31NO2. The van der Waals surface area contributed by atoms with Crippen molar-refractivity contribution in [2.75, 3.05) is 13.2 Å². The van der Waals surface area contributed by atoms with Gasteiger partial charge in [-0.05, 0) is 53.0 Å². The van der Waals surface area contributed by atoms with Gasteiger partial charge in [0.05, 0.1) is 18.3 Å². The van der Waals surface area contributed by atoms with Crippen molar-refractivity contribution in [3.05, 3.63) is 35.9 Å². The molecular weight excluding hydrogens is 262 g/mol. The fraction of sp³-hybridized carbons (Fsp3) is 0.667. The highest BCUT2D eigenvalue weighted by molar-refractivity contribution is 5.15. The molecule has 1 aromatic carbocycles. The van der Waals surface area contributed by atoms with Gasteiger partial charge in [-0.1, -0.05) is 30.3 Å². The Kier molecular flexibility index (Phi) is 6.85. The zero-order chi connectivity index (χ0) is 15.9. The summed E-state index contributed by atoms with van der Waals surface area (Å²) in [5.74, 6) is 0. The molecule has 1 unspecified atom stereocenters. The lowest BCUT2D eigenvalue weighted by atomic mass is 9.95. The van der Waals surface area contributed by atoms with E-state index in [0.717, 1.165) is 12.8 Å². The van der Waals surface area contributed by atoms with Gasteiger partial charge >= 0.3 is 0 Å². The van der Waals surface area contributed by atoms with E-state index in [9.17, 15) is 5.11 Å². The number of aliphatic hydroxyl groups is 1. The summed E-state index contributed by atoms with van der Waals surface area (Å²) in [6.07, 6.45) is 1.60. The van der Waals surface area contributed by atoms with Crippen LogP contribution >= 0.6 is 0 Å². The predicted molar refractivity (Wildman–Crippen MR) is 88.6 cm³/mol. The van der Waals surface area contributed by atoms with Gasteiger partial charge in [0.1, 0.15) is 0 Å². The molecule has 0 aliphatic rings. The fourth-order valence-electron chi connectivity index (χ4n) is 1.99. The zero-order valence-electron chi connectivity index (χ0n) is 14.1. The van der Waals surface area contributed by atoms with Gasteiger partial charge in [-0.2, -0.15) is 0 Å². The molecule has 0 aromatic heterocycles. The number of aliphatic hydroxyl groups excluding tert-OH is 1. The van der Waals surface area contributed by atoms with E-state index in [1.54, 1.807) is 0 Å². The maximum Gasteiger partial charge on any atom is 0.0898 e. The highest BCUT2D eigenvalue weighted by Crippen LogP contribution is 2.14. The number of hydrogen-bond donors (Lipinski definition) is 2. The van der Waals surface area contributed by atoms with E-state index in [1.165, 1.54) is 5.56 Å². The normalized spacial score (nSPS) is 14.2. The van der Waals surface area contributed by atoms with Crippen molar-refractivity contribution in [3.63, 3.8) is 0 Å². The summed E-state index contributed by atoms with van der Waals surface area (Å²) in [5, 5.41) is 13.4. The van der Waals surface area contributed by atoms with Gasteiger partial charge < -0.3 is 15.2 Å². The maximum absolute atomic E-state index is 9.97. The van der Waals surface area contributed by atoms with Crippen molar-refractivity contribution in [1.29, 1.82) is 0 Å². The Hall–Kier alpha value is -0.900. The summed E-state index contributed by atoms with van der Waals surface area (Å²) in [6.45, 7) is 11.3. The van der Waals surface area contributed by atoms with Crippen LogP contribution in [-0.4, -0.2) is 35.5 Å². The topological polar surface area (TPSA) is 41.5 Å². The van der Waals surface area contributed by atoms with Crippen LogP contribution in [0, 0.1) is 0 Å². The van der Waals surface area contributed by atoms with E-state index >= 15 is 0 Å². The smallest absolute Gasteiger partial charge is 0.0898 e. The molecule has 0 fully saturated rings. The molecule has 3 heteroatoms. The van der Waals surface area contributed by atoms with Gasteiger partial charge in [0, 0.05) is 12.1 Å². The van der Waals surface area contributed by atoms with Gasteiger partial charge in [0.15, 0.2) is 0 Å². The zero-order valence-corrected chi connectivity index (χ0v) is 14.1. The Labute approximate surface area is 129 Å². The number of rotatable bonds is 8. The minimum atomic E-state index is -0.472. The van der Waals surface area contributed by atoms with Gasteiger partial charge in [0.2, 0.25) is 0 Å². The van der Waals surface area contributed by atoms with Gasteiger partial charge in [-0.25, -0.2) is 0 Å². The lowest BCUT2D eigenvalue weighted by Crippen LogP contribution is -2.45. The van der Waals surface area contributed by atoms with E-state index in [1.807, 2.05) is 26.8 Å². The SMILES string of the molecule is CC(C)(CCc1ccccc1)NCC(O)COC(C)(C)C. The number of β-amino-alcohol motifs (C(OH)–C–C–N with tert-alkyl or cyclic N) is 1. The summed E-state index contributed by atoms with van der Waals surface area (Å²) in [5.41, 5.74) is 1.14. The van der Waals surface area contributed by atoms with Crippen LogP contribution in [0.15, 0.2) is 30.3 Å². The monoisotopic (exact) mass is 293 g/mol. The van der Waals surface area contributed by atoms with Crippen molar-refractivity contribution in [3.8, 4) is 0 Å². The predicted octanol–water partition coefficient (Wildman–Crippen LogP) is 3.16. The largest absolute Gasteiger partial charge is 0.389 e. The highest BCUT2D eigenvalue weighted by Gasteiger charge is 2.19. The average molecular weight is 293 g/mol. The number of ether oxygens (including phenoxy) is 1. The van der Waals surface area contributed by atoms with Crippen molar-refractivity contribution in [2.45, 2.75) is 64.7 Å². The summed E-state index contributed by atoms with van der Waals surface area (Å²) in [6, 6.07) is 10.5. The minimum absolute atomic E-state index is 0.00143. The molecule has 1 aromatic rings. The van der Waals surface area contributed by atoms with Crippen LogP contribution in [0.2, 0.25) is 0 Å². The third-order valence-electron chi connectivity index (χ3n) is 3.41. The van der Waals surface area contributed by atoms with Gasteiger partial charge in [-0.3, -0.25) is 0 Å². The molecule has 0 amide bonds. The quantitative estimate of drug-likeness (QED) is 0.773. The summed E-state index contributed by atoms with van der Waals surface area (Å²) >= 11 is 0. The van der Waals surface area contributed by atoms with Gasteiger partial charge in [-0.15, -0.1) is 0 Å². The molecule has 0 bridgehead atoms. The number of aryl methyl sites for hydroxylation is 1. The molecule has 2 N–H and O–H groups in total. The Balaban J connectivity index is 2.28. The van der Waals surface area contributed by atoms with Crippen LogP contribution in [0.3, 0.4) is 0 Å². The van der Waals surface area contributed by atoms with Crippen molar-refractivity contribution in [2.24, 2.45) is 0 Å². The van der Waals surface area contributed by atoms with Crippen molar-refractivity contribution in [1.82, 2.24) is 5.32 Å². The lowest BCUT2D eigenvalue weighted by Gasteiger charge is -2.29. The fourth-order valence-corrected chi connectivity index (χ4v) is 1.99. The lowest BCUT2D eigenvalue weighted by molar-refractivity contribution is -0.0491. The second kappa shape index (κ2) is 7.92. The van der Waals surface area contributed by atoms with Crippen LogP contribution in [0.25, 0.3) is 0 Å². The third kappa shape index (κ3) is 8.86. The first kappa shape index (κ1) is 18.1. The second-order valence-electron chi connectivity index (χ2n) is 7.33. The molecule has 1 rings (SSSR count). The number of hydrogen-bond acceptors (Lipinski definition) is 3. The van der Waals surface area contributed by atoms with Crippen LogP contribution < -0.4 is 5.32 Å². The molecule has 0 saturated heterocycles. The van der Waals surface area contributed by atoms with Gasteiger partial charge in [0.25, 0.3) is 0 Å². The average Bonchev–Trinajstić information content (AvgIpc) is 2.41. The number of benzene rings is 1. The molecule has 0 aliphatic heterocycles. The summed E-state index contributed by atoms with van der Waals surface area (Å²) < 4.78 is 5.60. The van der Waals surface area contributed by atoms with Crippen LogP contribution in [0.4, 0.5) is 0 Å². The minimum Gasteiger partial charge on any atom is -0.389 e. The molecule has 3 nitrogen and oxygen atoms in total. The maximum atomic E-state index is 9.97. The first-order valence-corrected chi connectivity index (χ1v) is 7.79. The third-order valence-corrected chi connectivity index (χ3v) is 3.41. The Morgan fingerprint density at radius 3 is 2.29 bits per heavy atom. The standard InChI is InChI=1S/C18H31NO2/c1-17(2,3)21-14-16(20)13-19-18(4,5)12-11-15-9-7-6-8-10-15/h6-10,16,19-20H,11-14H2,1-5H3. The van der Waals surface area contributed by atoms with Crippen molar-refractivity contribution >= 4 is 0 Å². The molecule has 1 atom stereocenters. The van der Waals surface area contributed by atoms with Crippen LogP contribution in [-0.2, 0) is 11.2 Å². The molecule has 120 valence electrons. The molecule has 0 radical (unpaired) electrons. The Morgan fingerprint density at radius 1 is 1.10 bits per heavy atom. The van der Waals surface area contributed by atoms with E-state index in [-0.39, 0.29) is 11.1 Å². The second-order valence-corrected chi connectivity index (χ2v) is 7.33. The first-order chi connectivity index (χ1) is 9.68. The van der Waals surface area contributed by atoms with Crippen LogP contribution in [0.5, 0.6) is 0 Å². The van der Waals surface area contributed by atoms with Crippen LogP contribution in [0.1, 0.15) is 46.6 Å². The Morgan fingerprint density at radius 2 is 1.71 bits per heavy atom. The summed E-state index contributed by atoms with van der Waals surface area (Å²) in [7, 11) is 0.